The average Bonchev–Trinajstić information content (AvgIpc) is 3.02. The fourth-order valence-corrected chi connectivity index (χ4v) is 4.60. The lowest BCUT2D eigenvalue weighted by atomic mass is 9.69. The molecule has 1 fully saturated rings. The normalized spacial score (nSPS) is 20.1. The van der Waals surface area contributed by atoms with Crippen molar-refractivity contribution in [2.75, 3.05) is 5.75 Å². The Hall–Kier alpha value is -1.57. The van der Waals surface area contributed by atoms with E-state index in [2.05, 4.69) is 36.3 Å². The molecule has 0 radical (unpaired) electrons. The lowest BCUT2D eigenvalue weighted by molar-refractivity contribution is -0.137. The lowest BCUT2D eigenvalue weighted by Gasteiger charge is -2.39. The zero-order valence-corrected chi connectivity index (χ0v) is 18.3. The molecule has 1 aliphatic carbocycles. The Labute approximate surface area is 172 Å². The molecule has 0 aromatic carbocycles. The number of carboxylic acids is 1. The first-order valence-electron chi connectivity index (χ1n) is 10.3. The number of aryl methyl sites for hydroxylation is 1. The van der Waals surface area contributed by atoms with Crippen LogP contribution in [0.15, 0.2) is 5.16 Å². The number of nitrogens with one attached hydrogen (secondary N) is 1. The summed E-state index contributed by atoms with van der Waals surface area (Å²) in [4.78, 5) is 23.5. The van der Waals surface area contributed by atoms with E-state index in [1.165, 1.54) is 18.2 Å². The van der Waals surface area contributed by atoms with Gasteiger partial charge in [-0.3, -0.25) is 14.2 Å². The molecule has 0 unspecified atom stereocenters. The Bertz CT molecular complexity index is 666. The molecule has 1 heterocycles. The largest absolute Gasteiger partial charge is 0.480 e. The number of aromatic nitrogens is 3. The number of carboxylic acid groups (broad SMARTS) is 1. The van der Waals surface area contributed by atoms with Crippen LogP contribution in [0.4, 0.5) is 0 Å². The van der Waals surface area contributed by atoms with Crippen LogP contribution < -0.4 is 5.32 Å². The molecule has 1 aromatic rings. The van der Waals surface area contributed by atoms with Gasteiger partial charge in [0.15, 0.2) is 5.16 Å². The van der Waals surface area contributed by atoms with Gasteiger partial charge in [0.1, 0.15) is 12.4 Å². The molecule has 0 spiro atoms. The summed E-state index contributed by atoms with van der Waals surface area (Å²) in [5.41, 5.74) is 0.370. The molecule has 2 rings (SSSR count). The number of amides is 1. The summed E-state index contributed by atoms with van der Waals surface area (Å²) in [5, 5.41) is 20.9. The number of carbonyl (C=O) groups excluding carboxylic acids is 1. The fourth-order valence-electron chi connectivity index (χ4n) is 3.84. The standard InChI is InChI=1S/C20H34N4O3S/c1-5-7-16-22-23-19(24(16)12-18(26)27)28-13-17(25)21-15-10-8-14(9-11-15)20(3,4)6-2/h14-15H,5-13H2,1-4H3,(H,21,25)(H,26,27). The number of nitrogens with zero attached hydrogens (tertiary/aromatic N) is 3. The highest BCUT2D eigenvalue weighted by Gasteiger charge is 2.32. The molecule has 158 valence electrons. The third kappa shape index (κ3) is 6.22. The van der Waals surface area contributed by atoms with Crippen LogP contribution in [0.5, 0.6) is 0 Å². The van der Waals surface area contributed by atoms with E-state index < -0.39 is 5.97 Å². The quantitative estimate of drug-likeness (QED) is 0.573. The van der Waals surface area contributed by atoms with Crippen LogP contribution in [-0.4, -0.2) is 43.5 Å². The van der Waals surface area contributed by atoms with Gasteiger partial charge in [0.2, 0.25) is 5.91 Å². The van der Waals surface area contributed by atoms with E-state index in [9.17, 15) is 9.59 Å². The van der Waals surface area contributed by atoms with Gasteiger partial charge >= 0.3 is 5.97 Å². The first-order valence-corrected chi connectivity index (χ1v) is 11.3. The summed E-state index contributed by atoms with van der Waals surface area (Å²) in [6.07, 6.45) is 7.09. The highest BCUT2D eigenvalue weighted by atomic mass is 32.2. The number of hydrogen-bond donors (Lipinski definition) is 2. The molecule has 1 saturated carbocycles. The van der Waals surface area contributed by atoms with Crippen LogP contribution in [0.1, 0.15) is 72.0 Å². The fraction of sp³-hybridized carbons (Fsp3) is 0.800. The van der Waals surface area contributed by atoms with Gasteiger partial charge in [-0.2, -0.15) is 0 Å². The molecule has 0 saturated heterocycles. The van der Waals surface area contributed by atoms with Gasteiger partial charge in [0.25, 0.3) is 0 Å². The van der Waals surface area contributed by atoms with Gasteiger partial charge < -0.3 is 10.4 Å². The van der Waals surface area contributed by atoms with E-state index in [0.717, 1.165) is 38.0 Å². The second-order valence-electron chi connectivity index (χ2n) is 8.38. The number of hydrogen-bond acceptors (Lipinski definition) is 5. The van der Waals surface area contributed by atoms with Gasteiger partial charge in [0.05, 0.1) is 5.75 Å². The molecular formula is C20H34N4O3S. The molecule has 0 aliphatic heterocycles. The van der Waals surface area contributed by atoms with Gasteiger partial charge in [-0.1, -0.05) is 45.9 Å². The summed E-state index contributed by atoms with van der Waals surface area (Å²) in [7, 11) is 0. The third-order valence-electron chi connectivity index (χ3n) is 6.00. The molecule has 1 aromatic heterocycles. The summed E-state index contributed by atoms with van der Waals surface area (Å²) < 4.78 is 1.60. The summed E-state index contributed by atoms with van der Waals surface area (Å²) >= 11 is 1.25. The van der Waals surface area contributed by atoms with Crippen LogP contribution >= 0.6 is 11.8 Å². The lowest BCUT2D eigenvalue weighted by Crippen LogP contribution is -2.40. The molecule has 8 heteroatoms. The van der Waals surface area contributed by atoms with E-state index in [1.54, 1.807) is 4.57 Å². The summed E-state index contributed by atoms with van der Waals surface area (Å²) in [6.45, 7) is 8.76. The maximum atomic E-state index is 12.4. The molecule has 2 N–H and O–H groups in total. The van der Waals surface area contributed by atoms with Crippen LogP contribution in [0, 0.1) is 11.3 Å². The van der Waals surface area contributed by atoms with Crippen molar-refractivity contribution < 1.29 is 14.7 Å². The average molecular weight is 411 g/mol. The maximum Gasteiger partial charge on any atom is 0.323 e. The van der Waals surface area contributed by atoms with E-state index in [1.807, 2.05) is 6.92 Å². The van der Waals surface area contributed by atoms with E-state index in [-0.39, 0.29) is 24.2 Å². The van der Waals surface area contributed by atoms with Crippen molar-refractivity contribution in [2.45, 2.75) is 90.4 Å². The Morgan fingerprint density at radius 3 is 2.46 bits per heavy atom. The highest BCUT2D eigenvalue weighted by molar-refractivity contribution is 7.99. The molecule has 28 heavy (non-hydrogen) atoms. The first-order chi connectivity index (χ1) is 13.3. The Morgan fingerprint density at radius 1 is 1.21 bits per heavy atom. The summed E-state index contributed by atoms with van der Waals surface area (Å²) in [5.74, 6) is 0.654. The van der Waals surface area contributed by atoms with E-state index in [4.69, 9.17) is 5.11 Å². The van der Waals surface area contributed by atoms with Gasteiger partial charge in [0, 0.05) is 12.5 Å². The van der Waals surface area contributed by atoms with Crippen molar-refractivity contribution >= 4 is 23.6 Å². The van der Waals surface area contributed by atoms with E-state index in [0.29, 0.717) is 22.8 Å². The molecule has 7 nitrogen and oxygen atoms in total. The monoisotopic (exact) mass is 410 g/mol. The smallest absolute Gasteiger partial charge is 0.323 e. The van der Waals surface area contributed by atoms with Crippen molar-refractivity contribution in [2.24, 2.45) is 11.3 Å². The van der Waals surface area contributed by atoms with Crippen LogP contribution in [0.2, 0.25) is 0 Å². The number of rotatable bonds is 10. The summed E-state index contributed by atoms with van der Waals surface area (Å²) in [6, 6.07) is 0.240. The van der Waals surface area contributed by atoms with Gasteiger partial charge in [-0.15, -0.1) is 10.2 Å². The van der Waals surface area contributed by atoms with Crippen molar-refractivity contribution in [3.05, 3.63) is 5.82 Å². The Balaban J connectivity index is 1.84. The predicted octanol–water partition coefficient (Wildman–Crippen LogP) is 3.52. The van der Waals surface area contributed by atoms with Crippen molar-refractivity contribution in [3.63, 3.8) is 0 Å². The number of carbonyl (C=O) groups is 2. The molecule has 1 amide bonds. The van der Waals surface area contributed by atoms with Gasteiger partial charge in [-0.05, 0) is 43.4 Å². The first kappa shape index (κ1) is 22.7. The van der Waals surface area contributed by atoms with Crippen LogP contribution in [0.25, 0.3) is 0 Å². The second kappa shape index (κ2) is 10.3. The van der Waals surface area contributed by atoms with Crippen LogP contribution in [-0.2, 0) is 22.6 Å². The minimum Gasteiger partial charge on any atom is -0.480 e. The van der Waals surface area contributed by atoms with Crippen molar-refractivity contribution in [1.29, 1.82) is 0 Å². The SMILES string of the molecule is CCCc1nnc(SCC(=O)NC2CCC(C(C)(C)CC)CC2)n1CC(=O)O. The Morgan fingerprint density at radius 2 is 1.89 bits per heavy atom. The zero-order chi connectivity index (χ0) is 20.7. The zero-order valence-electron chi connectivity index (χ0n) is 17.5. The minimum atomic E-state index is -0.935. The topological polar surface area (TPSA) is 97.1 Å². The highest BCUT2D eigenvalue weighted by Crippen LogP contribution is 2.40. The van der Waals surface area contributed by atoms with E-state index >= 15 is 0 Å². The van der Waals surface area contributed by atoms with Crippen molar-refractivity contribution in [3.8, 4) is 0 Å². The number of aliphatic carboxylic acids is 1. The van der Waals surface area contributed by atoms with Crippen molar-refractivity contribution in [1.82, 2.24) is 20.1 Å². The molecular weight excluding hydrogens is 376 g/mol. The number of thioether (sulfide) groups is 1. The Kier molecular flexibility index (Phi) is 8.34. The minimum absolute atomic E-state index is 0.0230. The maximum absolute atomic E-state index is 12.4. The second-order valence-corrected chi connectivity index (χ2v) is 9.32. The molecule has 1 aliphatic rings. The molecule has 0 atom stereocenters. The molecule has 0 bridgehead atoms. The predicted molar refractivity (Wildman–Crippen MR) is 110 cm³/mol. The van der Waals surface area contributed by atoms with Gasteiger partial charge in [-0.25, -0.2) is 0 Å². The third-order valence-corrected chi connectivity index (χ3v) is 6.97. The van der Waals surface area contributed by atoms with Crippen LogP contribution in [0.3, 0.4) is 0 Å².